The smallest absolute Gasteiger partial charge is 0.0325 e. The first-order chi connectivity index (χ1) is 5.84. The number of aromatic nitrogens is 1. The van der Waals surface area contributed by atoms with Gasteiger partial charge in [0.2, 0.25) is 0 Å². The maximum atomic E-state index is 11.1. The Labute approximate surface area is 71.4 Å². The van der Waals surface area contributed by atoms with E-state index in [0.717, 1.165) is 6.42 Å². The highest BCUT2D eigenvalue weighted by molar-refractivity contribution is 5.23. The zero-order chi connectivity index (χ0) is 8.81. The van der Waals surface area contributed by atoms with Gasteiger partial charge in [0.15, 0.2) is 0 Å². The number of rotatable bonds is 4. The van der Waals surface area contributed by atoms with E-state index in [1.807, 2.05) is 0 Å². The molecule has 0 unspecified atom stereocenters. The molecule has 0 aromatic carbocycles. The molecule has 0 atom stereocenters. The molecule has 12 heavy (non-hydrogen) atoms. The predicted molar refractivity (Wildman–Crippen MR) is 44.2 cm³/mol. The molecule has 1 heterocycles. The summed E-state index contributed by atoms with van der Waals surface area (Å²) in [4.78, 5) is 3.97. The van der Waals surface area contributed by atoms with Crippen molar-refractivity contribution in [3.63, 3.8) is 0 Å². The van der Waals surface area contributed by atoms with E-state index in [2.05, 4.69) is 10.4 Å². The number of pyridine rings is 1. The summed E-state index contributed by atoms with van der Waals surface area (Å²) in [5.41, 5.74) is 3.15. The standard InChI is InChI=1S/C8H13N3O/c9-11-6-1-3-7-8(12)4-2-5-10-7/h2,4-5,11-12H,1,3,6,9H2/p-1. The Hall–Kier alpha value is -1.13. The van der Waals surface area contributed by atoms with Crippen LogP contribution in [0.5, 0.6) is 5.75 Å². The van der Waals surface area contributed by atoms with Crippen molar-refractivity contribution in [2.45, 2.75) is 12.8 Å². The Bertz CT molecular complexity index is 239. The largest absolute Gasteiger partial charge is 0.871 e. The number of hydrazine groups is 1. The Kier molecular flexibility index (Phi) is 3.50. The minimum absolute atomic E-state index is 0.00882. The molecular weight excluding hydrogens is 154 g/mol. The lowest BCUT2D eigenvalue weighted by Gasteiger charge is -2.10. The van der Waals surface area contributed by atoms with Gasteiger partial charge >= 0.3 is 0 Å². The fourth-order valence-corrected chi connectivity index (χ4v) is 0.969. The van der Waals surface area contributed by atoms with Crippen molar-refractivity contribution >= 4 is 0 Å². The van der Waals surface area contributed by atoms with Crippen molar-refractivity contribution in [1.29, 1.82) is 0 Å². The van der Waals surface area contributed by atoms with Gasteiger partial charge in [0.25, 0.3) is 0 Å². The average molecular weight is 166 g/mol. The van der Waals surface area contributed by atoms with E-state index in [-0.39, 0.29) is 5.75 Å². The minimum atomic E-state index is 0.00882. The van der Waals surface area contributed by atoms with Gasteiger partial charge in [0, 0.05) is 18.4 Å². The van der Waals surface area contributed by atoms with Crippen LogP contribution in [0.25, 0.3) is 0 Å². The van der Waals surface area contributed by atoms with Crippen LogP contribution in [0, 0.1) is 0 Å². The van der Waals surface area contributed by atoms with Crippen molar-refractivity contribution in [3.05, 3.63) is 24.0 Å². The number of aryl methyl sites for hydroxylation is 1. The summed E-state index contributed by atoms with van der Waals surface area (Å²) in [6.07, 6.45) is 3.15. The molecule has 1 rings (SSSR count). The summed E-state index contributed by atoms with van der Waals surface area (Å²) in [7, 11) is 0. The molecule has 1 aromatic heterocycles. The van der Waals surface area contributed by atoms with Crippen LogP contribution in [0.2, 0.25) is 0 Å². The third-order valence-corrected chi connectivity index (χ3v) is 1.58. The van der Waals surface area contributed by atoms with Gasteiger partial charge in [-0.2, -0.15) is 0 Å². The highest BCUT2D eigenvalue weighted by Gasteiger charge is 1.93. The fraction of sp³-hybridized carbons (Fsp3) is 0.375. The topological polar surface area (TPSA) is 74.0 Å². The van der Waals surface area contributed by atoms with Gasteiger partial charge < -0.3 is 5.11 Å². The molecule has 0 saturated carbocycles. The molecule has 4 nitrogen and oxygen atoms in total. The van der Waals surface area contributed by atoms with Crippen molar-refractivity contribution < 1.29 is 5.11 Å². The van der Waals surface area contributed by atoms with Crippen molar-refractivity contribution in [1.82, 2.24) is 10.4 Å². The molecule has 0 amide bonds. The third-order valence-electron chi connectivity index (χ3n) is 1.58. The molecule has 0 saturated heterocycles. The Morgan fingerprint density at radius 2 is 2.42 bits per heavy atom. The number of nitrogens with zero attached hydrogens (tertiary/aromatic N) is 1. The molecule has 0 radical (unpaired) electrons. The van der Waals surface area contributed by atoms with E-state index in [1.165, 1.54) is 6.07 Å². The summed E-state index contributed by atoms with van der Waals surface area (Å²) in [6.45, 7) is 0.704. The molecule has 0 aliphatic rings. The van der Waals surface area contributed by atoms with E-state index < -0.39 is 0 Å². The number of nitrogens with one attached hydrogen (secondary N) is 1. The van der Waals surface area contributed by atoms with Crippen LogP contribution in [-0.2, 0) is 6.42 Å². The van der Waals surface area contributed by atoms with E-state index in [4.69, 9.17) is 5.84 Å². The first-order valence-corrected chi connectivity index (χ1v) is 3.89. The van der Waals surface area contributed by atoms with Gasteiger partial charge in [-0.15, -0.1) is 0 Å². The summed E-state index contributed by atoms with van der Waals surface area (Å²) in [5, 5.41) is 11.1. The molecule has 0 aliphatic carbocycles. The van der Waals surface area contributed by atoms with Gasteiger partial charge in [-0.3, -0.25) is 16.3 Å². The molecule has 0 bridgehead atoms. The molecule has 66 valence electrons. The maximum absolute atomic E-state index is 11.1. The normalized spacial score (nSPS) is 10.1. The monoisotopic (exact) mass is 166 g/mol. The number of hydrogen-bond acceptors (Lipinski definition) is 4. The molecule has 3 N–H and O–H groups in total. The molecule has 0 aliphatic heterocycles. The van der Waals surface area contributed by atoms with Crippen molar-refractivity contribution in [3.8, 4) is 5.75 Å². The predicted octanol–water partition coefficient (Wildman–Crippen LogP) is -0.449. The molecule has 4 heteroatoms. The SMILES string of the molecule is NNCCCc1ncccc1[O-]. The average Bonchev–Trinajstić information content (AvgIpc) is 2.09. The summed E-state index contributed by atoms with van der Waals surface area (Å²) < 4.78 is 0. The van der Waals surface area contributed by atoms with E-state index in [0.29, 0.717) is 18.7 Å². The van der Waals surface area contributed by atoms with Crippen molar-refractivity contribution in [2.24, 2.45) is 5.84 Å². The summed E-state index contributed by atoms with van der Waals surface area (Å²) in [5.74, 6) is 5.09. The van der Waals surface area contributed by atoms with Gasteiger partial charge in [-0.05, 0) is 18.9 Å². The molecule has 0 spiro atoms. The van der Waals surface area contributed by atoms with Gasteiger partial charge in [-0.25, -0.2) is 0 Å². The fourth-order valence-electron chi connectivity index (χ4n) is 0.969. The second-order valence-corrected chi connectivity index (χ2v) is 2.51. The van der Waals surface area contributed by atoms with Crippen LogP contribution in [0.1, 0.15) is 12.1 Å². The Balaban J connectivity index is 2.46. The summed E-state index contributed by atoms with van der Waals surface area (Å²) in [6, 6.07) is 3.17. The second kappa shape index (κ2) is 4.69. The molecule has 0 fully saturated rings. The lowest BCUT2D eigenvalue weighted by Crippen LogP contribution is -2.23. The van der Waals surface area contributed by atoms with E-state index in [9.17, 15) is 5.11 Å². The third kappa shape index (κ3) is 2.48. The minimum Gasteiger partial charge on any atom is -0.871 e. The molecule has 1 aromatic rings. The van der Waals surface area contributed by atoms with Gasteiger partial charge in [-0.1, -0.05) is 11.8 Å². The highest BCUT2D eigenvalue weighted by atomic mass is 16.3. The van der Waals surface area contributed by atoms with Crippen LogP contribution in [0.15, 0.2) is 18.3 Å². The first-order valence-electron chi connectivity index (χ1n) is 3.89. The van der Waals surface area contributed by atoms with Gasteiger partial charge in [0.05, 0.1) is 0 Å². The lowest BCUT2D eigenvalue weighted by molar-refractivity contribution is -0.270. The second-order valence-electron chi connectivity index (χ2n) is 2.51. The van der Waals surface area contributed by atoms with Crippen LogP contribution < -0.4 is 16.4 Å². The van der Waals surface area contributed by atoms with Crippen LogP contribution in [0.3, 0.4) is 0 Å². The number of nitrogens with two attached hydrogens (primary N) is 1. The van der Waals surface area contributed by atoms with E-state index in [1.54, 1.807) is 12.3 Å². The number of hydrogen-bond donors (Lipinski definition) is 2. The zero-order valence-corrected chi connectivity index (χ0v) is 6.79. The summed E-state index contributed by atoms with van der Waals surface area (Å²) >= 11 is 0. The Morgan fingerprint density at radius 3 is 3.08 bits per heavy atom. The van der Waals surface area contributed by atoms with Crippen LogP contribution in [0.4, 0.5) is 0 Å². The van der Waals surface area contributed by atoms with E-state index >= 15 is 0 Å². The molecular formula is C8H12N3O-. The van der Waals surface area contributed by atoms with Gasteiger partial charge in [0.1, 0.15) is 0 Å². The van der Waals surface area contributed by atoms with Crippen LogP contribution >= 0.6 is 0 Å². The van der Waals surface area contributed by atoms with Crippen LogP contribution in [-0.4, -0.2) is 11.5 Å². The van der Waals surface area contributed by atoms with Crippen molar-refractivity contribution in [2.75, 3.05) is 6.54 Å². The zero-order valence-electron chi connectivity index (χ0n) is 6.79. The first kappa shape index (κ1) is 8.96. The highest BCUT2D eigenvalue weighted by Crippen LogP contribution is 2.10. The quantitative estimate of drug-likeness (QED) is 0.361. The lowest BCUT2D eigenvalue weighted by atomic mass is 10.2. The maximum Gasteiger partial charge on any atom is 0.0325 e. The Morgan fingerprint density at radius 1 is 1.58 bits per heavy atom.